The number of aliphatic carboxylic acids is 1. The molecule has 0 aliphatic carbocycles. The van der Waals surface area contributed by atoms with Crippen molar-refractivity contribution in [2.24, 2.45) is 0 Å². The molecule has 0 bridgehead atoms. The minimum Gasteiger partial charge on any atom is -0.477 e. The van der Waals surface area contributed by atoms with Gasteiger partial charge in [-0.05, 0) is 0 Å². The molecule has 0 saturated heterocycles. The number of fused-ring (bicyclic) bond motifs is 1. The van der Waals surface area contributed by atoms with Crippen LogP contribution in [0.25, 0.3) is 10.8 Å². The summed E-state index contributed by atoms with van der Waals surface area (Å²) in [7, 11) is -4.64. The van der Waals surface area contributed by atoms with Gasteiger partial charge in [0.15, 0.2) is 0 Å². The van der Waals surface area contributed by atoms with Crippen molar-refractivity contribution >= 4 is 24.3 Å². The number of carboxylic acid groups (broad SMARTS) is 1. The molecule has 2 aromatic rings. The van der Waals surface area contributed by atoms with Crippen LogP contribution in [-0.4, -0.2) is 33.7 Å². The van der Waals surface area contributed by atoms with E-state index in [0.717, 1.165) is 0 Å². The Morgan fingerprint density at radius 3 is 1.95 bits per heavy atom. The summed E-state index contributed by atoms with van der Waals surface area (Å²) in [5.41, 5.74) is -1.46. The lowest BCUT2D eigenvalue weighted by Crippen LogP contribution is -2.47. The second kappa shape index (κ2) is 5.33. The number of carboxylic acids is 1. The van der Waals surface area contributed by atoms with Gasteiger partial charge in [0.1, 0.15) is 0 Å². The van der Waals surface area contributed by atoms with E-state index in [1.807, 2.05) is 0 Å². The number of hydrogen-bond donors (Lipinski definition) is 3. The van der Waals surface area contributed by atoms with E-state index >= 15 is 0 Å². The maximum Gasteiger partial charge on any atom is 0.389 e. The second-order valence-corrected chi connectivity index (χ2v) is 6.06. The molecule has 0 heterocycles. The van der Waals surface area contributed by atoms with Crippen LogP contribution in [0.5, 0.6) is 0 Å². The average Bonchev–Trinajstić information content (AvgIpc) is 2.59. The van der Waals surface area contributed by atoms with Gasteiger partial charge in [0, 0.05) is 10.8 Å². The van der Waals surface area contributed by atoms with Crippen molar-refractivity contribution in [1.82, 2.24) is 4.58 Å². The minimum atomic E-state index is -4.64. The lowest BCUT2D eigenvalue weighted by atomic mass is 10.2. The van der Waals surface area contributed by atoms with Crippen LogP contribution in [0.2, 0.25) is 0 Å². The third-order valence-corrected chi connectivity index (χ3v) is 3.55. The molecule has 9 heteroatoms. The van der Waals surface area contributed by atoms with E-state index < -0.39 is 42.6 Å². The predicted octanol–water partition coefficient (Wildman–Crippen LogP) is -1.57. The first-order valence-corrected chi connectivity index (χ1v) is 7.57. The smallest absolute Gasteiger partial charge is 0.389 e. The van der Waals surface area contributed by atoms with Gasteiger partial charge in [-0.2, -0.15) is 0 Å². The molecule has 21 heavy (non-hydrogen) atoms. The molecule has 0 spiro atoms. The first-order valence-electron chi connectivity index (χ1n) is 5.77. The van der Waals surface area contributed by atoms with Gasteiger partial charge >= 0.3 is 13.6 Å². The van der Waals surface area contributed by atoms with Gasteiger partial charge in [0.2, 0.25) is 12.8 Å². The van der Waals surface area contributed by atoms with Crippen LogP contribution >= 0.6 is 7.60 Å². The van der Waals surface area contributed by atoms with Crippen molar-refractivity contribution in [3.63, 3.8) is 0 Å². The Labute approximate surface area is 117 Å². The molecule has 2 rings (SSSR count). The van der Waals surface area contributed by atoms with Crippen LogP contribution in [0, 0.1) is 0 Å². The molecule has 0 aromatic heterocycles. The van der Waals surface area contributed by atoms with Crippen molar-refractivity contribution in [3.05, 3.63) is 50.1 Å². The highest BCUT2D eigenvalue weighted by Gasteiger charge is 2.28. The lowest BCUT2D eigenvalue weighted by Gasteiger charge is -2.01. The predicted molar refractivity (Wildman–Crippen MR) is 73.5 cm³/mol. The summed E-state index contributed by atoms with van der Waals surface area (Å²) in [5.74, 6) is -1.41. The molecule has 3 N–H and O–H groups in total. The number of nitrogens with zero attached hydrogens (tertiary/aromatic N) is 1. The fourth-order valence-electron chi connectivity index (χ4n) is 2.11. The number of benzene rings is 1. The van der Waals surface area contributed by atoms with Gasteiger partial charge in [0.25, 0.3) is 16.2 Å². The molecule has 0 aliphatic rings. The molecule has 8 nitrogen and oxygen atoms in total. The zero-order valence-electron chi connectivity index (χ0n) is 10.6. The Balaban J connectivity index is 2.91. The van der Waals surface area contributed by atoms with Crippen LogP contribution in [-0.2, 0) is 9.36 Å². The van der Waals surface area contributed by atoms with Gasteiger partial charge < -0.3 is 14.9 Å². The summed E-state index contributed by atoms with van der Waals surface area (Å²) in [4.78, 5) is 53.1. The summed E-state index contributed by atoms with van der Waals surface area (Å²) >= 11 is 0. The van der Waals surface area contributed by atoms with Gasteiger partial charge in [0.05, 0.1) is 0 Å². The van der Waals surface area contributed by atoms with Crippen LogP contribution in [0.3, 0.4) is 0 Å². The van der Waals surface area contributed by atoms with E-state index in [9.17, 15) is 18.9 Å². The number of carbonyl (C=O) groups is 1. The molecule has 0 fully saturated rings. The number of hydrogen-bond acceptors (Lipinski definition) is 4. The maximum absolute atomic E-state index is 12.2. The van der Waals surface area contributed by atoms with E-state index in [1.54, 1.807) is 0 Å². The van der Waals surface area contributed by atoms with Crippen LogP contribution < -0.4 is 20.8 Å². The van der Waals surface area contributed by atoms with E-state index in [1.165, 1.54) is 24.3 Å². The van der Waals surface area contributed by atoms with E-state index in [2.05, 4.69) is 0 Å². The molecular formula is C12H11NO7P+. The maximum atomic E-state index is 12.2. The Hall–Kier alpha value is -2.15. The normalized spacial score (nSPS) is 11.7. The first-order chi connectivity index (χ1) is 9.70. The molecule has 2 aromatic carbocycles. The molecule has 0 aliphatic heterocycles. The van der Waals surface area contributed by atoms with Gasteiger partial charge in [-0.1, -0.05) is 24.3 Å². The van der Waals surface area contributed by atoms with Gasteiger partial charge in [-0.25, -0.2) is 9.37 Å². The summed E-state index contributed by atoms with van der Waals surface area (Å²) in [6.07, 6.45) is -1.01. The Morgan fingerprint density at radius 1 is 1.10 bits per heavy atom. The molecule has 0 radical (unpaired) electrons. The highest BCUT2D eigenvalue weighted by Crippen LogP contribution is 2.32. The van der Waals surface area contributed by atoms with Crippen molar-refractivity contribution in [2.75, 3.05) is 12.8 Å². The fourth-order valence-corrected chi connectivity index (χ4v) is 2.80. The molecule has 0 atom stereocenters. The highest BCUT2D eigenvalue weighted by molar-refractivity contribution is 7.51. The third-order valence-electron chi connectivity index (χ3n) is 2.84. The molecule has 0 amide bonds. The zero-order chi connectivity index (χ0) is 15.8. The van der Waals surface area contributed by atoms with Crippen molar-refractivity contribution in [2.45, 2.75) is 0 Å². The summed E-state index contributed by atoms with van der Waals surface area (Å²) in [5, 5.41) is 8.47. The molecular weight excluding hydrogens is 301 g/mol. The fraction of sp³-hybridized carbons (Fsp3) is 0.167. The molecule has 110 valence electrons. The van der Waals surface area contributed by atoms with Crippen LogP contribution in [0.4, 0.5) is 0 Å². The quantitative estimate of drug-likeness (QED) is 0.459. The number of rotatable bonds is 4. The summed E-state index contributed by atoms with van der Waals surface area (Å²) in [6.45, 7) is -0.855. The Bertz CT molecular complexity index is 867. The van der Waals surface area contributed by atoms with Crippen molar-refractivity contribution in [3.8, 4) is 0 Å². The van der Waals surface area contributed by atoms with Gasteiger partial charge in [-0.15, -0.1) is 0 Å². The SMILES string of the molecule is O=C(O)C[N+](CP(=O)(O)O)=c1c(=O)c2ccccc2c1=O. The van der Waals surface area contributed by atoms with Gasteiger partial charge in [-0.3, -0.25) is 14.2 Å². The zero-order valence-corrected chi connectivity index (χ0v) is 11.5. The Kier molecular flexibility index (Phi) is 3.87. The van der Waals surface area contributed by atoms with E-state index in [0.29, 0.717) is 4.58 Å². The third kappa shape index (κ3) is 3.13. The lowest BCUT2D eigenvalue weighted by molar-refractivity contribution is -0.136. The minimum absolute atomic E-state index is 0.0959. The first kappa shape index (κ1) is 15.2. The largest absolute Gasteiger partial charge is 0.477 e. The molecule has 0 saturated carbocycles. The van der Waals surface area contributed by atoms with Crippen LogP contribution in [0.1, 0.15) is 0 Å². The average molecular weight is 312 g/mol. The second-order valence-electron chi connectivity index (χ2n) is 4.45. The van der Waals surface area contributed by atoms with E-state index in [4.69, 9.17) is 14.9 Å². The Morgan fingerprint density at radius 2 is 1.57 bits per heavy atom. The molecule has 0 unspecified atom stereocenters. The highest BCUT2D eigenvalue weighted by atomic mass is 31.2. The van der Waals surface area contributed by atoms with Crippen molar-refractivity contribution in [1.29, 1.82) is 0 Å². The van der Waals surface area contributed by atoms with E-state index in [-0.39, 0.29) is 10.8 Å². The summed E-state index contributed by atoms with van der Waals surface area (Å²) in [6, 6.07) is 5.88. The topological polar surface area (TPSA) is 132 Å². The van der Waals surface area contributed by atoms with Crippen molar-refractivity contribution < 1.29 is 24.3 Å². The standard InChI is InChI=1S/C12H10NO7P/c14-9(15)5-13(6-21(18,19)20)10-11(16)7-3-1-2-4-8(7)12(10)17/h1-4H,5-6H2,(H2-,14,15,18,19,20)/p+1. The summed E-state index contributed by atoms with van der Waals surface area (Å²) < 4.78 is 11.7. The monoisotopic (exact) mass is 312 g/mol. The van der Waals surface area contributed by atoms with Crippen LogP contribution in [0.15, 0.2) is 33.9 Å².